The first kappa shape index (κ1) is 18.8. The second kappa shape index (κ2) is 7.54. The maximum Gasteiger partial charge on any atom is 0.130 e. The molecule has 1 N–H and O–H groups in total. The first-order valence-electron chi connectivity index (χ1n) is 10.6. The van der Waals surface area contributed by atoms with Gasteiger partial charge in [-0.3, -0.25) is 0 Å². The van der Waals surface area contributed by atoms with Crippen LogP contribution < -0.4 is 15.1 Å². The van der Waals surface area contributed by atoms with Gasteiger partial charge in [-0.05, 0) is 38.3 Å². The second-order valence-electron chi connectivity index (χ2n) is 8.39. The van der Waals surface area contributed by atoms with Gasteiger partial charge < -0.3 is 15.1 Å². The Labute approximate surface area is 176 Å². The summed E-state index contributed by atoms with van der Waals surface area (Å²) in [5, 5.41) is 4.65. The van der Waals surface area contributed by atoms with Gasteiger partial charge >= 0.3 is 0 Å². The molecule has 0 spiro atoms. The molecule has 3 aromatic heterocycles. The van der Waals surface area contributed by atoms with Crippen LogP contribution in [0.5, 0.6) is 0 Å². The van der Waals surface area contributed by atoms with Gasteiger partial charge in [-0.25, -0.2) is 15.0 Å². The predicted octanol–water partition coefficient (Wildman–Crippen LogP) is 3.93. The van der Waals surface area contributed by atoms with Crippen LogP contribution in [0, 0.1) is 0 Å². The first-order valence-corrected chi connectivity index (χ1v) is 11.4. The van der Waals surface area contributed by atoms with Gasteiger partial charge in [0.05, 0.1) is 10.9 Å². The van der Waals surface area contributed by atoms with Crippen molar-refractivity contribution in [3.8, 4) is 10.6 Å². The minimum absolute atomic E-state index is 0.149. The zero-order chi connectivity index (χ0) is 19.8. The Bertz CT molecular complexity index is 994. The molecular formula is C22H28N6S. The van der Waals surface area contributed by atoms with Crippen molar-refractivity contribution < 1.29 is 0 Å². The number of fused-ring (bicyclic) bond motifs is 1. The first-order chi connectivity index (χ1) is 14.1. The van der Waals surface area contributed by atoms with Crippen LogP contribution in [0.3, 0.4) is 0 Å². The van der Waals surface area contributed by atoms with Crippen LogP contribution in [0.4, 0.5) is 11.6 Å². The summed E-state index contributed by atoms with van der Waals surface area (Å²) in [7, 11) is 0. The average molecular weight is 409 g/mol. The molecule has 0 bridgehead atoms. The van der Waals surface area contributed by atoms with E-state index in [1.807, 2.05) is 12.4 Å². The summed E-state index contributed by atoms with van der Waals surface area (Å²) < 4.78 is 1.19. The fourth-order valence-electron chi connectivity index (χ4n) is 4.24. The number of nitrogens with one attached hydrogen (secondary N) is 1. The van der Waals surface area contributed by atoms with E-state index in [4.69, 9.17) is 9.97 Å². The van der Waals surface area contributed by atoms with Gasteiger partial charge in [0.15, 0.2) is 0 Å². The van der Waals surface area contributed by atoms with E-state index < -0.39 is 0 Å². The van der Waals surface area contributed by atoms with Crippen LogP contribution in [0.1, 0.15) is 33.1 Å². The van der Waals surface area contributed by atoms with Gasteiger partial charge in [-0.2, -0.15) is 0 Å². The van der Waals surface area contributed by atoms with Crippen molar-refractivity contribution in [1.29, 1.82) is 0 Å². The van der Waals surface area contributed by atoms with Crippen LogP contribution in [0.15, 0.2) is 30.6 Å². The molecule has 6 nitrogen and oxygen atoms in total. The molecule has 1 unspecified atom stereocenters. The summed E-state index contributed by atoms with van der Waals surface area (Å²) in [5.41, 5.74) is 2.19. The van der Waals surface area contributed by atoms with Crippen molar-refractivity contribution in [2.45, 2.75) is 38.6 Å². The van der Waals surface area contributed by atoms with Gasteiger partial charge in [-0.1, -0.05) is 6.92 Å². The standard InChI is InChI=1S/C22H28N6S/c1-3-22(2)15-28(11-8-25-22)20-12-18-17(14-24-20)26-21(29-18)16-6-7-19(23-13-16)27-9-4-5-10-27/h6-7,12-14,25H,3-5,8-11,15H2,1-2H3. The van der Waals surface area contributed by atoms with Crippen molar-refractivity contribution in [2.75, 3.05) is 42.5 Å². The smallest absolute Gasteiger partial charge is 0.130 e. The van der Waals surface area contributed by atoms with E-state index in [2.05, 4.69) is 52.1 Å². The highest BCUT2D eigenvalue weighted by atomic mass is 32.1. The molecule has 3 aromatic rings. The normalized spacial score (nSPS) is 22.6. The van der Waals surface area contributed by atoms with E-state index in [0.717, 1.165) is 66.9 Å². The van der Waals surface area contributed by atoms with Gasteiger partial charge in [0.2, 0.25) is 0 Å². The van der Waals surface area contributed by atoms with Crippen molar-refractivity contribution in [2.24, 2.45) is 0 Å². The maximum absolute atomic E-state index is 4.81. The van der Waals surface area contributed by atoms with Gasteiger partial charge in [0.1, 0.15) is 22.2 Å². The van der Waals surface area contributed by atoms with Crippen molar-refractivity contribution in [3.63, 3.8) is 0 Å². The lowest BCUT2D eigenvalue weighted by Gasteiger charge is -2.41. The molecule has 0 saturated carbocycles. The van der Waals surface area contributed by atoms with E-state index in [1.165, 1.54) is 17.5 Å². The fraction of sp³-hybridized carbons (Fsp3) is 0.500. The molecule has 0 aromatic carbocycles. The molecule has 152 valence electrons. The van der Waals surface area contributed by atoms with E-state index in [1.54, 1.807) is 11.3 Å². The molecule has 0 radical (unpaired) electrons. The summed E-state index contributed by atoms with van der Waals surface area (Å²) in [4.78, 5) is 19.0. The predicted molar refractivity (Wildman–Crippen MR) is 121 cm³/mol. The molecule has 7 heteroatoms. The number of pyridine rings is 2. The quantitative estimate of drug-likeness (QED) is 0.706. The molecule has 1 atom stereocenters. The van der Waals surface area contributed by atoms with Crippen LogP contribution in [-0.4, -0.2) is 53.2 Å². The number of nitrogens with zero attached hydrogens (tertiary/aromatic N) is 5. The number of aromatic nitrogens is 3. The van der Waals surface area contributed by atoms with Gasteiger partial charge in [-0.15, -0.1) is 11.3 Å². The topological polar surface area (TPSA) is 57.2 Å². The Balaban J connectivity index is 1.39. The summed E-state index contributed by atoms with van der Waals surface area (Å²) in [6.07, 6.45) is 7.52. The molecule has 29 heavy (non-hydrogen) atoms. The Morgan fingerprint density at radius 1 is 1.07 bits per heavy atom. The number of hydrogen-bond donors (Lipinski definition) is 1. The Morgan fingerprint density at radius 2 is 1.90 bits per heavy atom. The number of anilines is 2. The maximum atomic E-state index is 4.81. The second-order valence-corrected chi connectivity index (χ2v) is 9.42. The molecule has 5 rings (SSSR count). The molecular weight excluding hydrogens is 380 g/mol. The van der Waals surface area contributed by atoms with Crippen molar-refractivity contribution in [3.05, 3.63) is 30.6 Å². The molecule has 0 amide bonds. The molecule has 2 aliphatic heterocycles. The van der Waals surface area contributed by atoms with Gasteiger partial charge in [0, 0.05) is 56.1 Å². The minimum Gasteiger partial charge on any atom is -0.357 e. The zero-order valence-corrected chi connectivity index (χ0v) is 18.0. The molecule has 2 aliphatic rings. The van der Waals surface area contributed by atoms with Crippen LogP contribution >= 0.6 is 11.3 Å². The number of rotatable bonds is 4. The largest absolute Gasteiger partial charge is 0.357 e. The molecule has 0 aliphatic carbocycles. The van der Waals surface area contributed by atoms with E-state index in [-0.39, 0.29) is 5.54 Å². The van der Waals surface area contributed by atoms with Gasteiger partial charge in [0.25, 0.3) is 0 Å². The Kier molecular flexibility index (Phi) is 4.87. The van der Waals surface area contributed by atoms with E-state index in [9.17, 15) is 0 Å². The van der Waals surface area contributed by atoms with Crippen molar-refractivity contribution in [1.82, 2.24) is 20.3 Å². The molecule has 2 saturated heterocycles. The average Bonchev–Trinajstić information content (AvgIpc) is 3.43. The SMILES string of the molecule is CCC1(C)CN(c2cc3sc(-c4ccc(N5CCCC5)nc4)nc3cn2)CCN1. The summed E-state index contributed by atoms with van der Waals surface area (Å²) >= 11 is 1.73. The van der Waals surface area contributed by atoms with Crippen LogP contribution in [-0.2, 0) is 0 Å². The monoisotopic (exact) mass is 408 g/mol. The highest BCUT2D eigenvalue weighted by molar-refractivity contribution is 7.21. The fourth-order valence-corrected chi connectivity index (χ4v) is 5.20. The third kappa shape index (κ3) is 3.69. The van der Waals surface area contributed by atoms with E-state index in [0.29, 0.717) is 0 Å². The highest BCUT2D eigenvalue weighted by Gasteiger charge is 2.29. The Morgan fingerprint density at radius 3 is 2.66 bits per heavy atom. The lowest BCUT2D eigenvalue weighted by molar-refractivity contribution is 0.313. The lowest BCUT2D eigenvalue weighted by Crippen LogP contribution is -2.58. The zero-order valence-electron chi connectivity index (χ0n) is 17.2. The summed E-state index contributed by atoms with van der Waals surface area (Å²) in [6, 6.07) is 6.47. The highest BCUT2D eigenvalue weighted by Crippen LogP contribution is 2.32. The Hall–Kier alpha value is -2.25. The minimum atomic E-state index is 0.149. The summed E-state index contributed by atoms with van der Waals surface area (Å²) in [6.45, 7) is 9.73. The van der Waals surface area contributed by atoms with Crippen LogP contribution in [0.2, 0.25) is 0 Å². The molecule has 5 heterocycles. The molecule has 2 fully saturated rings. The van der Waals surface area contributed by atoms with E-state index >= 15 is 0 Å². The lowest BCUT2D eigenvalue weighted by atomic mass is 9.96. The summed E-state index contributed by atoms with van der Waals surface area (Å²) in [5.74, 6) is 2.13. The van der Waals surface area contributed by atoms with Crippen LogP contribution in [0.25, 0.3) is 20.8 Å². The third-order valence-corrected chi connectivity index (χ3v) is 7.33. The number of thiazole rings is 1. The van der Waals surface area contributed by atoms with Crippen molar-refractivity contribution >= 4 is 33.2 Å². The number of hydrogen-bond acceptors (Lipinski definition) is 7. The number of piperazine rings is 1. The third-order valence-electron chi connectivity index (χ3n) is 6.26.